The summed E-state index contributed by atoms with van der Waals surface area (Å²) in [4.78, 5) is 12.9. The molecule has 1 aliphatic rings. The molecule has 20 heavy (non-hydrogen) atoms. The molecule has 3 rings (SSSR count). The molecule has 0 atom stereocenters. The maximum atomic E-state index is 6.18. The lowest BCUT2D eigenvalue weighted by molar-refractivity contribution is 0.229. The molecule has 2 N–H and O–H groups in total. The first-order valence-corrected chi connectivity index (χ1v) is 7.03. The molecule has 0 amide bonds. The Balaban J connectivity index is 1.98. The quantitative estimate of drug-likeness (QED) is 0.935. The Morgan fingerprint density at radius 1 is 1.35 bits per heavy atom. The molecule has 0 bridgehead atoms. The zero-order valence-electron chi connectivity index (χ0n) is 11.4. The Labute approximate surface area is 121 Å². The van der Waals surface area contributed by atoms with Crippen LogP contribution in [0.3, 0.4) is 0 Å². The first-order valence-electron chi connectivity index (χ1n) is 6.65. The van der Waals surface area contributed by atoms with Crippen LogP contribution in [0.4, 0.5) is 0 Å². The fourth-order valence-electron chi connectivity index (χ4n) is 2.11. The van der Waals surface area contributed by atoms with Crippen LogP contribution in [0.15, 0.2) is 10.7 Å². The van der Waals surface area contributed by atoms with E-state index in [1.807, 2.05) is 13.8 Å². The summed E-state index contributed by atoms with van der Waals surface area (Å²) < 4.78 is 5.27. The van der Waals surface area contributed by atoms with Gasteiger partial charge in [-0.05, 0) is 19.3 Å². The number of halogens is 1. The molecule has 0 saturated heterocycles. The van der Waals surface area contributed by atoms with Crippen LogP contribution in [0.5, 0.6) is 0 Å². The van der Waals surface area contributed by atoms with E-state index < -0.39 is 5.54 Å². The van der Waals surface area contributed by atoms with Gasteiger partial charge in [-0.2, -0.15) is 4.98 Å². The van der Waals surface area contributed by atoms with Gasteiger partial charge in [0.2, 0.25) is 0 Å². The highest BCUT2D eigenvalue weighted by molar-refractivity contribution is 6.32. The molecule has 2 aromatic heterocycles. The van der Waals surface area contributed by atoms with Gasteiger partial charge < -0.3 is 10.3 Å². The Morgan fingerprint density at radius 3 is 2.70 bits per heavy atom. The molecule has 1 saturated carbocycles. The summed E-state index contributed by atoms with van der Waals surface area (Å²) >= 11 is 6.12. The topological polar surface area (TPSA) is 90.7 Å². The summed E-state index contributed by atoms with van der Waals surface area (Å²) in [7, 11) is 0. The Morgan fingerprint density at radius 2 is 2.10 bits per heavy atom. The van der Waals surface area contributed by atoms with Crippen LogP contribution in [0, 0.1) is 0 Å². The highest BCUT2D eigenvalue weighted by Crippen LogP contribution is 2.38. The molecule has 0 radical (unpaired) electrons. The highest BCUT2D eigenvalue weighted by Gasteiger charge is 2.39. The zero-order chi connectivity index (χ0) is 14.3. The van der Waals surface area contributed by atoms with Crippen LogP contribution in [0.2, 0.25) is 5.02 Å². The van der Waals surface area contributed by atoms with Crippen molar-refractivity contribution in [1.29, 1.82) is 0 Å². The van der Waals surface area contributed by atoms with Crippen LogP contribution in [-0.4, -0.2) is 20.1 Å². The van der Waals surface area contributed by atoms with E-state index in [0.717, 1.165) is 19.3 Å². The molecule has 1 aliphatic carbocycles. The van der Waals surface area contributed by atoms with Crippen molar-refractivity contribution in [2.24, 2.45) is 5.73 Å². The van der Waals surface area contributed by atoms with Gasteiger partial charge in [0.15, 0.2) is 11.5 Å². The molecular weight excluding hydrogens is 278 g/mol. The molecule has 0 aliphatic heterocycles. The fraction of sp³-hybridized carbons (Fsp3) is 0.538. The zero-order valence-corrected chi connectivity index (χ0v) is 12.2. The minimum absolute atomic E-state index is 0.195. The average Bonchev–Trinajstić information content (AvgIpc) is 2.86. The Hall–Kier alpha value is -1.53. The molecule has 1 fully saturated rings. The van der Waals surface area contributed by atoms with Gasteiger partial charge in [-0.3, -0.25) is 0 Å². The van der Waals surface area contributed by atoms with Crippen molar-refractivity contribution in [3.63, 3.8) is 0 Å². The fourth-order valence-corrected chi connectivity index (χ4v) is 2.28. The molecule has 0 unspecified atom stereocenters. The predicted octanol–water partition coefficient (Wildman–Crippen LogP) is 2.64. The minimum atomic E-state index is -0.456. The predicted molar refractivity (Wildman–Crippen MR) is 74.1 cm³/mol. The summed E-state index contributed by atoms with van der Waals surface area (Å²) in [5, 5.41) is 4.36. The summed E-state index contributed by atoms with van der Waals surface area (Å²) in [6.45, 7) is 4.02. The van der Waals surface area contributed by atoms with Crippen molar-refractivity contribution >= 4 is 11.6 Å². The lowest BCUT2D eigenvalue weighted by atomic mass is 9.77. The van der Waals surface area contributed by atoms with Crippen molar-refractivity contribution in [2.75, 3.05) is 0 Å². The van der Waals surface area contributed by atoms with Gasteiger partial charge in [0.1, 0.15) is 5.82 Å². The van der Waals surface area contributed by atoms with Crippen LogP contribution in [0.25, 0.3) is 11.6 Å². The number of hydrogen-bond donors (Lipinski definition) is 1. The SMILES string of the molecule is CC(C)c1ncc(Cl)c(-c2nc(C3(N)CCC3)no2)n1. The van der Waals surface area contributed by atoms with Gasteiger partial charge in [-0.25, -0.2) is 9.97 Å². The van der Waals surface area contributed by atoms with Crippen molar-refractivity contribution in [1.82, 2.24) is 20.1 Å². The molecule has 7 heteroatoms. The van der Waals surface area contributed by atoms with Crippen molar-refractivity contribution in [2.45, 2.75) is 44.6 Å². The van der Waals surface area contributed by atoms with Gasteiger partial charge >= 0.3 is 0 Å². The number of nitrogens with two attached hydrogens (primary N) is 1. The van der Waals surface area contributed by atoms with Gasteiger partial charge in [0.25, 0.3) is 5.89 Å². The van der Waals surface area contributed by atoms with Gasteiger partial charge in [-0.1, -0.05) is 30.6 Å². The van der Waals surface area contributed by atoms with Crippen LogP contribution < -0.4 is 5.73 Å². The van der Waals surface area contributed by atoms with Gasteiger partial charge in [0.05, 0.1) is 16.8 Å². The van der Waals surface area contributed by atoms with E-state index in [4.69, 9.17) is 21.9 Å². The van der Waals surface area contributed by atoms with E-state index in [0.29, 0.717) is 28.3 Å². The molecule has 2 aromatic rings. The summed E-state index contributed by atoms with van der Waals surface area (Å²) in [5.74, 6) is 1.71. The highest BCUT2D eigenvalue weighted by atomic mass is 35.5. The molecule has 6 nitrogen and oxygen atoms in total. The Kier molecular flexibility index (Phi) is 3.22. The number of hydrogen-bond acceptors (Lipinski definition) is 6. The third kappa shape index (κ3) is 2.19. The standard InChI is InChI=1S/C13H16ClN5O/c1-7(2)10-16-6-8(14)9(17-10)11-18-12(19-20-11)13(15)4-3-5-13/h6-7H,3-5,15H2,1-2H3. The maximum Gasteiger partial charge on any atom is 0.278 e. The van der Waals surface area contributed by atoms with Crippen LogP contribution in [0.1, 0.15) is 50.7 Å². The normalized spacial score (nSPS) is 17.2. The van der Waals surface area contributed by atoms with Crippen molar-refractivity contribution in [3.8, 4) is 11.6 Å². The second kappa shape index (κ2) is 4.79. The summed E-state index contributed by atoms with van der Waals surface area (Å²) in [6, 6.07) is 0. The van der Waals surface area contributed by atoms with Crippen LogP contribution in [-0.2, 0) is 5.54 Å². The van der Waals surface area contributed by atoms with Crippen molar-refractivity contribution < 1.29 is 4.52 Å². The van der Waals surface area contributed by atoms with Gasteiger partial charge in [0, 0.05) is 5.92 Å². The molecular formula is C13H16ClN5O. The van der Waals surface area contributed by atoms with E-state index in [-0.39, 0.29) is 5.92 Å². The van der Waals surface area contributed by atoms with Crippen LogP contribution >= 0.6 is 11.6 Å². The average molecular weight is 294 g/mol. The van der Waals surface area contributed by atoms with E-state index in [2.05, 4.69) is 20.1 Å². The maximum absolute atomic E-state index is 6.18. The van der Waals surface area contributed by atoms with E-state index >= 15 is 0 Å². The number of nitrogens with zero attached hydrogens (tertiary/aromatic N) is 4. The molecule has 0 aromatic carbocycles. The first kappa shape index (κ1) is 13.5. The largest absolute Gasteiger partial charge is 0.332 e. The molecule has 0 spiro atoms. The Bertz CT molecular complexity index is 635. The third-order valence-corrected chi connectivity index (χ3v) is 3.88. The second-order valence-electron chi connectivity index (χ2n) is 5.51. The molecule has 2 heterocycles. The second-order valence-corrected chi connectivity index (χ2v) is 5.92. The summed E-state index contributed by atoms with van der Waals surface area (Å²) in [6.07, 6.45) is 4.40. The minimum Gasteiger partial charge on any atom is -0.332 e. The third-order valence-electron chi connectivity index (χ3n) is 3.60. The van der Waals surface area contributed by atoms with E-state index in [1.54, 1.807) is 6.20 Å². The summed E-state index contributed by atoms with van der Waals surface area (Å²) in [5.41, 5.74) is 6.19. The van der Waals surface area contributed by atoms with E-state index in [1.165, 1.54) is 0 Å². The van der Waals surface area contributed by atoms with Gasteiger partial charge in [-0.15, -0.1) is 0 Å². The smallest absolute Gasteiger partial charge is 0.278 e. The van der Waals surface area contributed by atoms with E-state index in [9.17, 15) is 0 Å². The number of rotatable bonds is 3. The monoisotopic (exact) mass is 293 g/mol. The lowest BCUT2D eigenvalue weighted by Crippen LogP contribution is -2.44. The molecule has 106 valence electrons. The lowest BCUT2D eigenvalue weighted by Gasteiger charge is -2.34. The number of aromatic nitrogens is 4. The van der Waals surface area contributed by atoms with Crippen molar-refractivity contribution in [3.05, 3.63) is 22.9 Å². The first-order chi connectivity index (χ1) is 9.49.